The molecule has 0 bridgehead atoms. The maximum atomic E-state index is 13.8. The summed E-state index contributed by atoms with van der Waals surface area (Å²) >= 11 is 0. The SMILES string of the molecule is CCCCOCCCNC(=NC)NCC(c1cccc(F)c1)N1CCOCC1.I. The van der Waals surface area contributed by atoms with Gasteiger partial charge in [-0.1, -0.05) is 25.5 Å². The molecule has 1 aliphatic rings. The van der Waals surface area contributed by atoms with Gasteiger partial charge in [0.2, 0.25) is 0 Å². The van der Waals surface area contributed by atoms with Crippen LogP contribution >= 0.6 is 24.0 Å². The molecule has 0 amide bonds. The highest BCUT2D eigenvalue weighted by molar-refractivity contribution is 14.0. The van der Waals surface area contributed by atoms with Gasteiger partial charge in [0.05, 0.1) is 19.3 Å². The number of ether oxygens (including phenoxy) is 2. The van der Waals surface area contributed by atoms with Crippen LogP contribution in [-0.2, 0) is 9.47 Å². The molecule has 6 nitrogen and oxygen atoms in total. The molecule has 2 N–H and O–H groups in total. The van der Waals surface area contributed by atoms with Crippen molar-refractivity contribution in [3.63, 3.8) is 0 Å². The zero-order valence-corrected chi connectivity index (χ0v) is 20.0. The quantitative estimate of drug-likeness (QED) is 0.203. The molecular formula is C21H36FIN4O2. The van der Waals surface area contributed by atoms with Crippen molar-refractivity contribution >= 4 is 29.9 Å². The Labute approximate surface area is 191 Å². The summed E-state index contributed by atoms with van der Waals surface area (Å²) in [5.74, 6) is 0.546. The minimum atomic E-state index is -0.207. The third-order valence-corrected chi connectivity index (χ3v) is 4.81. The molecule has 0 radical (unpaired) electrons. The lowest BCUT2D eigenvalue weighted by Gasteiger charge is -2.35. The monoisotopic (exact) mass is 522 g/mol. The van der Waals surface area contributed by atoms with E-state index in [9.17, 15) is 4.39 Å². The number of nitrogens with one attached hydrogen (secondary N) is 2. The second-order valence-electron chi connectivity index (χ2n) is 6.92. The first-order valence-electron chi connectivity index (χ1n) is 10.3. The van der Waals surface area contributed by atoms with E-state index in [4.69, 9.17) is 9.47 Å². The Balaban J connectivity index is 0.00000420. The highest BCUT2D eigenvalue weighted by Crippen LogP contribution is 2.22. The van der Waals surface area contributed by atoms with E-state index in [0.717, 1.165) is 63.6 Å². The summed E-state index contributed by atoms with van der Waals surface area (Å²) in [7, 11) is 1.76. The Bertz CT molecular complexity index is 586. The van der Waals surface area contributed by atoms with Gasteiger partial charge in [-0.05, 0) is 30.5 Å². The number of aliphatic imine (C=N–C) groups is 1. The summed E-state index contributed by atoms with van der Waals surface area (Å²) in [5.41, 5.74) is 0.967. The van der Waals surface area contributed by atoms with Gasteiger partial charge in [-0.2, -0.15) is 0 Å². The number of benzene rings is 1. The topological polar surface area (TPSA) is 58.1 Å². The predicted molar refractivity (Wildman–Crippen MR) is 127 cm³/mol. The van der Waals surface area contributed by atoms with Crippen molar-refractivity contribution in [2.24, 2.45) is 4.99 Å². The summed E-state index contributed by atoms with van der Waals surface area (Å²) < 4.78 is 24.8. The van der Waals surface area contributed by atoms with Crippen LogP contribution in [0.4, 0.5) is 4.39 Å². The fraction of sp³-hybridized carbons (Fsp3) is 0.667. The average molecular weight is 522 g/mol. The molecule has 166 valence electrons. The number of halogens is 2. The van der Waals surface area contributed by atoms with Gasteiger partial charge in [0.1, 0.15) is 5.82 Å². The van der Waals surface area contributed by atoms with Crippen molar-refractivity contribution in [1.82, 2.24) is 15.5 Å². The molecule has 0 aromatic heterocycles. The summed E-state index contributed by atoms with van der Waals surface area (Å²) in [6.45, 7) is 8.28. The first kappa shape index (κ1) is 26.1. The Morgan fingerprint density at radius 2 is 2.00 bits per heavy atom. The zero-order valence-electron chi connectivity index (χ0n) is 17.7. The molecule has 1 fully saturated rings. The maximum Gasteiger partial charge on any atom is 0.191 e. The Morgan fingerprint density at radius 3 is 2.69 bits per heavy atom. The van der Waals surface area contributed by atoms with Crippen molar-refractivity contribution in [2.75, 3.05) is 59.7 Å². The molecule has 1 aromatic rings. The summed E-state index contributed by atoms with van der Waals surface area (Å²) in [4.78, 5) is 6.63. The molecule has 1 aromatic carbocycles. The first-order valence-corrected chi connectivity index (χ1v) is 10.3. The largest absolute Gasteiger partial charge is 0.381 e. The van der Waals surface area contributed by atoms with Crippen molar-refractivity contribution in [3.05, 3.63) is 35.6 Å². The standard InChI is InChI=1S/C21H35FN4O2.HI/c1-3-4-12-27-13-6-9-24-21(23-2)25-17-20(26-10-14-28-15-11-26)18-7-5-8-19(22)16-18;/h5,7-8,16,20H,3-4,6,9-15,17H2,1-2H3,(H2,23,24,25);1H. The molecule has 1 aliphatic heterocycles. The third-order valence-electron chi connectivity index (χ3n) is 4.81. The van der Waals surface area contributed by atoms with Gasteiger partial charge in [0, 0.05) is 46.4 Å². The van der Waals surface area contributed by atoms with E-state index in [1.807, 2.05) is 6.07 Å². The molecule has 2 rings (SSSR count). The third kappa shape index (κ3) is 10.1. The smallest absolute Gasteiger partial charge is 0.191 e. The number of nitrogens with zero attached hydrogens (tertiary/aromatic N) is 2. The van der Waals surface area contributed by atoms with E-state index in [1.54, 1.807) is 19.2 Å². The van der Waals surface area contributed by atoms with Gasteiger partial charge in [-0.25, -0.2) is 4.39 Å². The lowest BCUT2D eigenvalue weighted by Crippen LogP contribution is -2.46. The van der Waals surface area contributed by atoms with Crippen molar-refractivity contribution in [1.29, 1.82) is 0 Å². The van der Waals surface area contributed by atoms with Crippen LogP contribution in [0.1, 0.15) is 37.8 Å². The molecule has 1 unspecified atom stereocenters. The van der Waals surface area contributed by atoms with E-state index in [-0.39, 0.29) is 35.8 Å². The van der Waals surface area contributed by atoms with Crippen molar-refractivity contribution < 1.29 is 13.9 Å². The van der Waals surface area contributed by atoms with Gasteiger partial charge >= 0.3 is 0 Å². The van der Waals surface area contributed by atoms with Gasteiger partial charge < -0.3 is 20.1 Å². The number of hydrogen-bond donors (Lipinski definition) is 2. The molecule has 1 atom stereocenters. The fourth-order valence-electron chi connectivity index (χ4n) is 3.20. The van der Waals surface area contributed by atoms with Crippen LogP contribution in [0, 0.1) is 5.82 Å². The summed E-state index contributed by atoms with van der Waals surface area (Å²) in [5, 5.41) is 6.71. The van der Waals surface area contributed by atoms with E-state index >= 15 is 0 Å². The Morgan fingerprint density at radius 1 is 1.24 bits per heavy atom. The van der Waals surface area contributed by atoms with Gasteiger partial charge in [0.15, 0.2) is 5.96 Å². The van der Waals surface area contributed by atoms with E-state index in [2.05, 4.69) is 27.4 Å². The summed E-state index contributed by atoms with van der Waals surface area (Å²) in [6.07, 6.45) is 3.20. The van der Waals surface area contributed by atoms with Crippen molar-refractivity contribution in [3.8, 4) is 0 Å². The highest BCUT2D eigenvalue weighted by Gasteiger charge is 2.23. The van der Waals surface area contributed by atoms with Crippen LogP contribution in [0.25, 0.3) is 0 Å². The number of unbranched alkanes of at least 4 members (excludes halogenated alkanes) is 1. The zero-order chi connectivity index (χ0) is 20.0. The fourth-order valence-corrected chi connectivity index (χ4v) is 3.20. The molecule has 1 saturated heterocycles. The number of guanidine groups is 1. The second-order valence-corrected chi connectivity index (χ2v) is 6.92. The summed E-state index contributed by atoms with van der Waals surface area (Å²) in [6, 6.07) is 6.91. The Kier molecular flexibility index (Phi) is 14.2. The van der Waals surface area contributed by atoms with Crippen LogP contribution in [0.15, 0.2) is 29.3 Å². The molecule has 8 heteroatoms. The molecule has 1 heterocycles. The van der Waals surface area contributed by atoms with Gasteiger partial charge in [0.25, 0.3) is 0 Å². The second kappa shape index (κ2) is 15.8. The van der Waals surface area contributed by atoms with Crippen LogP contribution < -0.4 is 10.6 Å². The molecule has 0 spiro atoms. The number of morpholine rings is 1. The molecule has 0 aliphatic carbocycles. The first-order chi connectivity index (χ1) is 13.7. The minimum absolute atomic E-state index is 0. The van der Waals surface area contributed by atoms with Gasteiger partial charge in [-0.15, -0.1) is 24.0 Å². The van der Waals surface area contributed by atoms with Crippen LogP contribution in [-0.4, -0.2) is 70.5 Å². The van der Waals surface area contributed by atoms with E-state index in [1.165, 1.54) is 6.07 Å². The predicted octanol–water partition coefficient (Wildman–Crippen LogP) is 3.19. The van der Waals surface area contributed by atoms with E-state index in [0.29, 0.717) is 19.8 Å². The number of rotatable bonds is 11. The molecule has 0 saturated carbocycles. The normalized spacial score (nSPS) is 16.2. The lowest BCUT2D eigenvalue weighted by atomic mass is 10.0. The maximum absolute atomic E-state index is 13.8. The minimum Gasteiger partial charge on any atom is -0.381 e. The molecule has 29 heavy (non-hydrogen) atoms. The molecular weight excluding hydrogens is 486 g/mol. The van der Waals surface area contributed by atoms with Gasteiger partial charge in [-0.3, -0.25) is 9.89 Å². The average Bonchev–Trinajstić information content (AvgIpc) is 2.72. The van der Waals surface area contributed by atoms with Crippen LogP contribution in [0.5, 0.6) is 0 Å². The highest BCUT2D eigenvalue weighted by atomic mass is 127. The lowest BCUT2D eigenvalue weighted by molar-refractivity contribution is 0.0169. The van der Waals surface area contributed by atoms with E-state index < -0.39 is 0 Å². The number of hydrogen-bond acceptors (Lipinski definition) is 4. The van der Waals surface area contributed by atoms with Crippen LogP contribution in [0.2, 0.25) is 0 Å². The van der Waals surface area contributed by atoms with Crippen LogP contribution in [0.3, 0.4) is 0 Å². The van der Waals surface area contributed by atoms with Crippen molar-refractivity contribution in [2.45, 2.75) is 32.2 Å². The Hall–Kier alpha value is -0.970.